The van der Waals surface area contributed by atoms with Gasteiger partial charge >= 0.3 is 5.97 Å². The molecule has 1 aliphatic rings. The lowest BCUT2D eigenvalue weighted by molar-refractivity contribution is -0.145. The third-order valence-corrected chi connectivity index (χ3v) is 3.26. The Balaban J connectivity index is 1.88. The van der Waals surface area contributed by atoms with Crippen LogP contribution in [-0.2, 0) is 14.3 Å². The van der Waals surface area contributed by atoms with Gasteiger partial charge in [-0.05, 0) is 37.0 Å². The molecule has 1 saturated carbocycles. The predicted molar refractivity (Wildman–Crippen MR) is 70.2 cm³/mol. The maximum atomic E-state index is 11.3. The molecule has 0 spiro atoms. The van der Waals surface area contributed by atoms with Crippen molar-refractivity contribution >= 4 is 11.8 Å². The molecule has 0 N–H and O–H groups in total. The molecule has 0 heterocycles. The van der Waals surface area contributed by atoms with Crippen molar-refractivity contribution in [2.45, 2.75) is 32.1 Å². The first-order valence-electron chi connectivity index (χ1n) is 6.59. The Labute approximate surface area is 112 Å². The molecule has 1 aromatic carbocycles. The van der Waals surface area contributed by atoms with Gasteiger partial charge < -0.3 is 9.47 Å². The first-order chi connectivity index (χ1) is 9.19. The minimum atomic E-state index is -0.368. The van der Waals surface area contributed by atoms with Crippen LogP contribution in [0.5, 0.6) is 5.75 Å². The van der Waals surface area contributed by atoms with E-state index in [1.165, 1.54) is 0 Å². The molecule has 102 valence electrons. The van der Waals surface area contributed by atoms with Gasteiger partial charge in [-0.1, -0.05) is 12.1 Å². The highest BCUT2D eigenvalue weighted by molar-refractivity contribution is 5.81. The van der Waals surface area contributed by atoms with Crippen molar-refractivity contribution in [3.63, 3.8) is 0 Å². The molecule has 0 aromatic heterocycles. The third-order valence-electron chi connectivity index (χ3n) is 3.26. The molecule has 2 rings (SSSR count). The largest absolute Gasteiger partial charge is 0.482 e. The Morgan fingerprint density at radius 3 is 2.63 bits per heavy atom. The Morgan fingerprint density at radius 2 is 2.05 bits per heavy atom. The molecule has 1 aliphatic carbocycles. The summed E-state index contributed by atoms with van der Waals surface area (Å²) in [5.74, 6) is 0.952. The number of rotatable bonds is 5. The second-order valence-corrected chi connectivity index (χ2v) is 4.64. The Kier molecular flexibility index (Phi) is 4.55. The molecule has 19 heavy (non-hydrogen) atoms. The standard InChI is InChI=1S/C15H18O4/c1-2-18-15(17)10-19-14-7-4-11(5-8-14)12-3-6-13(16)9-12/h4-5,7-8,12H,2-3,6,9-10H2,1H3/t12-/m1/s1. The summed E-state index contributed by atoms with van der Waals surface area (Å²) in [6.07, 6.45) is 2.26. The number of carbonyl (C=O) groups is 2. The lowest BCUT2D eigenvalue weighted by atomic mass is 9.98. The Morgan fingerprint density at radius 1 is 1.32 bits per heavy atom. The lowest BCUT2D eigenvalue weighted by Crippen LogP contribution is -2.14. The lowest BCUT2D eigenvalue weighted by Gasteiger charge is -2.10. The summed E-state index contributed by atoms with van der Waals surface area (Å²) in [5.41, 5.74) is 1.16. The Hall–Kier alpha value is -1.84. The first-order valence-corrected chi connectivity index (χ1v) is 6.59. The SMILES string of the molecule is CCOC(=O)COc1ccc([C@@H]2CCC(=O)C2)cc1. The zero-order valence-corrected chi connectivity index (χ0v) is 11.1. The molecule has 1 atom stereocenters. The van der Waals surface area contributed by atoms with E-state index in [-0.39, 0.29) is 12.6 Å². The second-order valence-electron chi connectivity index (χ2n) is 4.64. The summed E-state index contributed by atoms with van der Waals surface area (Å²) in [5, 5.41) is 0. The van der Waals surface area contributed by atoms with E-state index >= 15 is 0 Å². The van der Waals surface area contributed by atoms with Crippen molar-refractivity contribution < 1.29 is 19.1 Å². The smallest absolute Gasteiger partial charge is 0.344 e. The number of benzene rings is 1. The maximum absolute atomic E-state index is 11.3. The monoisotopic (exact) mass is 262 g/mol. The number of Topliss-reactive ketones (excluding diaryl/α,β-unsaturated/α-hetero) is 1. The molecule has 4 nitrogen and oxygen atoms in total. The molecule has 4 heteroatoms. The number of hydrogen-bond acceptors (Lipinski definition) is 4. The topological polar surface area (TPSA) is 52.6 Å². The first kappa shape index (κ1) is 13.6. The van der Waals surface area contributed by atoms with Crippen LogP contribution in [0.3, 0.4) is 0 Å². The normalized spacial score (nSPS) is 18.4. The number of ether oxygens (including phenoxy) is 2. The summed E-state index contributed by atoms with van der Waals surface area (Å²) in [6, 6.07) is 7.59. The Bertz CT molecular complexity index is 450. The number of hydrogen-bond donors (Lipinski definition) is 0. The number of esters is 1. The molecule has 1 fully saturated rings. The summed E-state index contributed by atoms with van der Waals surface area (Å²) in [7, 11) is 0. The highest BCUT2D eigenvalue weighted by atomic mass is 16.6. The van der Waals surface area contributed by atoms with E-state index in [9.17, 15) is 9.59 Å². The number of ketones is 1. The van der Waals surface area contributed by atoms with Gasteiger partial charge in [0.25, 0.3) is 0 Å². The van der Waals surface area contributed by atoms with Gasteiger partial charge in [-0.15, -0.1) is 0 Å². The van der Waals surface area contributed by atoms with Crippen molar-refractivity contribution in [1.29, 1.82) is 0 Å². The average molecular weight is 262 g/mol. The van der Waals surface area contributed by atoms with E-state index < -0.39 is 0 Å². The molecule has 0 unspecified atom stereocenters. The van der Waals surface area contributed by atoms with E-state index in [0.29, 0.717) is 36.9 Å². The molecule has 0 saturated heterocycles. The highest BCUT2D eigenvalue weighted by Crippen LogP contribution is 2.32. The third kappa shape index (κ3) is 3.81. The van der Waals surface area contributed by atoms with Crippen LogP contribution in [-0.4, -0.2) is 25.0 Å². The fourth-order valence-corrected chi connectivity index (χ4v) is 2.28. The van der Waals surface area contributed by atoms with E-state index in [1.54, 1.807) is 6.92 Å². The molecule has 0 radical (unpaired) electrons. The zero-order valence-electron chi connectivity index (χ0n) is 11.1. The van der Waals surface area contributed by atoms with Gasteiger partial charge in [-0.3, -0.25) is 4.79 Å². The maximum Gasteiger partial charge on any atom is 0.344 e. The van der Waals surface area contributed by atoms with Gasteiger partial charge in [0.1, 0.15) is 11.5 Å². The van der Waals surface area contributed by atoms with Crippen LogP contribution >= 0.6 is 0 Å². The van der Waals surface area contributed by atoms with Crippen LogP contribution in [0.2, 0.25) is 0 Å². The molecular formula is C15H18O4. The molecule has 0 aliphatic heterocycles. The number of carbonyl (C=O) groups excluding carboxylic acids is 2. The fraction of sp³-hybridized carbons (Fsp3) is 0.467. The van der Waals surface area contributed by atoms with Gasteiger partial charge in [-0.2, -0.15) is 0 Å². The highest BCUT2D eigenvalue weighted by Gasteiger charge is 2.23. The van der Waals surface area contributed by atoms with Crippen LogP contribution in [0.4, 0.5) is 0 Å². The summed E-state index contributed by atoms with van der Waals surface area (Å²) < 4.78 is 10.1. The summed E-state index contributed by atoms with van der Waals surface area (Å²) in [4.78, 5) is 22.4. The zero-order chi connectivity index (χ0) is 13.7. The van der Waals surface area contributed by atoms with Gasteiger partial charge in [-0.25, -0.2) is 4.79 Å². The van der Waals surface area contributed by atoms with Crippen LogP contribution in [0.1, 0.15) is 37.7 Å². The predicted octanol–water partition coefficient (Wildman–Crippen LogP) is 2.47. The van der Waals surface area contributed by atoms with Crippen molar-refractivity contribution in [3.8, 4) is 5.75 Å². The minimum Gasteiger partial charge on any atom is -0.482 e. The van der Waals surface area contributed by atoms with E-state index in [4.69, 9.17) is 9.47 Å². The van der Waals surface area contributed by atoms with E-state index in [0.717, 1.165) is 12.0 Å². The van der Waals surface area contributed by atoms with E-state index in [2.05, 4.69) is 0 Å². The quantitative estimate of drug-likeness (QED) is 0.765. The molecule has 0 bridgehead atoms. The second kappa shape index (κ2) is 6.36. The molecule has 0 amide bonds. The van der Waals surface area contributed by atoms with Gasteiger partial charge in [0, 0.05) is 12.8 Å². The van der Waals surface area contributed by atoms with Crippen LogP contribution in [0, 0.1) is 0 Å². The summed E-state index contributed by atoms with van der Waals surface area (Å²) >= 11 is 0. The van der Waals surface area contributed by atoms with E-state index in [1.807, 2.05) is 24.3 Å². The van der Waals surface area contributed by atoms with Gasteiger partial charge in [0.15, 0.2) is 6.61 Å². The molecule has 1 aromatic rings. The van der Waals surface area contributed by atoms with Crippen LogP contribution < -0.4 is 4.74 Å². The van der Waals surface area contributed by atoms with Gasteiger partial charge in [0.05, 0.1) is 6.61 Å². The van der Waals surface area contributed by atoms with Crippen molar-refractivity contribution in [2.24, 2.45) is 0 Å². The van der Waals surface area contributed by atoms with Crippen LogP contribution in [0.15, 0.2) is 24.3 Å². The molecular weight excluding hydrogens is 244 g/mol. The van der Waals surface area contributed by atoms with Gasteiger partial charge in [0.2, 0.25) is 0 Å². The van der Waals surface area contributed by atoms with Crippen molar-refractivity contribution in [3.05, 3.63) is 29.8 Å². The minimum absolute atomic E-state index is 0.0743. The van der Waals surface area contributed by atoms with Crippen molar-refractivity contribution in [1.82, 2.24) is 0 Å². The fourth-order valence-electron chi connectivity index (χ4n) is 2.28. The average Bonchev–Trinajstić information content (AvgIpc) is 2.84. The van der Waals surface area contributed by atoms with Crippen LogP contribution in [0.25, 0.3) is 0 Å². The van der Waals surface area contributed by atoms with Crippen molar-refractivity contribution in [2.75, 3.05) is 13.2 Å². The summed E-state index contributed by atoms with van der Waals surface area (Å²) in [6.45, 7) is 2.04.